The molecule has 28 heavy (non-hydrogen) atoms. The molecule has 0 amide bonds. The van der Waals surface area contributed by atoms with Crippen LogP contribution in [0, 0.1) is 0 Å². The van der Waals surface area contributed by atoms with Crippen molar-refractivity contribution in [1.29, 1.82) is 0 Å². The van der Waals surface area contributed by atoms with Gasteiger partial charge < -0.3 is 9.88 Å². The number of anilines is 1. The molecule has 6 heteroatoms. The van der Waals surface area contributed by atoms with Crippen molar-refractivity contribution in [2.45, 2.75) is 45.7 Å². The zero-order valence-corrected chi connectivity index (χ0v) is 17.1. The van der Waals surface area contributed by atoms with Crippen LogP contribution in [-0.4, -0.2) is 20.6 Å². The van der Waals surface area contributed by atoms with E-state index in [9.17, 15) is 4.79 Å². The molecule has 1 atom stereocenters. The number of pyridine rings is 1. The third-order valence-electron chi connectivity index (χ3n) is 4.97. The van der Waals surface area contributed by atoms with E-state index in [-0.39, 0.29) is 11.6 Å². The van der Waals surface area contributed by atoms with Crippen molar-refractivity contribution in [3.8, 4) is 11.3 Å². The minimum atomic E-state index is -0.113. The zero-order valence-electron chi connectivity index (χ0n) is 16.4. The first-order valence-electron chi connectivity index (χ1n) is 9.59. The summed E-state index contributed by atoms with van der Waals surface area (Å²) in [5.74, 6) is 0.586. The van der Waals surface area contributed by atoms with Gasteiger partial charge in [-0.15, -0.1) is 0 Å². The van der Waals surface area contributed by atoms with Crippen molar-refractivity contribution in [2.75, 3.05) is 5.32 Å². The molecule has 0 aliphatic carbocycles. The molecule has 0 saturated carbocycles. The Hall–Kier alpha value is -2.66. The van der Waals surface area contributed by atoms with Gasteiger partial charge in [-0.25, -0.2) is 9.97 Å². The lowest BCUT2D eigenvalue weighted by Gasteiger charge is -2.17. The van der Waals surface area contributed by atoms with Gasteiger partial charge in [-0.1, -0.05) is 37.6 Å². The lowest BCUT2D eigenvalue weighted by molar-refractivity contribution is 0.615. The fraction of sp³-hybridized carbons (Fsp3) is 0.318. The first kappa shape index (κ1) is 20.1. The lowest BCUT2D eigenvalue weighted by Crippen LogP contribution is -2.23. The van der Waals surface area contributed by atoms with Gasteiger partial charge in [-0.2, -0.15) is 0 Å². The Morgan fingerprint density at radius 1 is 1.14 bits per heavy atom. The second-order valence-corrected chi connectivity index (χ2v) is 7.25. The van der Waals surface area contributed by atoms with E-state index in [1.54, 1.807) is 23.0 Å². The van der Waals surface area contributed by atoms with Crippen molar-refractivity contribution in [2.24, 2.45) is 0 Å². The highest BCUT2D eigenvalue weighted by molar-refractivity contribution is 6.30. The van der Waals surface area contributed by atoms with Crippen LogP contribution in [0.3, 0.4) is 0 Å². The molecule has 3 rings (SSSR count). The van der Waals surface area contributed by atoms with Crippen molar-refractivity contribution in [3.63, 3.8) is 0 Å². The van der Waals surface area contributed by atoms with Crippen LogP contribution >= 0.6 is 11.6 Å². The van der Waals surface area contributed by atoms with Crippen LogP contribution in [0.25, 0.3) is 11.3 Å². The normalized spacial score (nSPS) is 12.2. The fourth-order valence-corrected chi connectivity index (χ4v) is 3.36. The van der Waals surface area contributed by atoms with Crippen molar-refractivity contribution in [3.05, 3.63) is 75.8 Å². The smallest absolute Gasteiger partial charge is 0.251 e. The zero-order chi connectivity index (χ0) is 20.1. The highest BCUT2D eigenvalue weighted by Crippen LogP contribution is 2.22. The molecule has 1 aromatic carbocycles. The average Bonchev–Trinajstić information content (AvgIpc) is 2.71. The molecule has 2 heterocycles. The maximum Gasteiger partial charge on any atom is 0.251 e. The van der Waals surface area contributed by atoms with Crippen molar-refractivity contribution < 1.29 is 0 Å². The average molecular weight is 397 g/mol. The SMILES string of the molecule is CCC(CC)Nc1nccc(-c2ccn(C(C)c3cccc(Cl)c3)c(=O)c2)n1. The Labute approximate surface area is 170 Å². The van der Waals surface area contributed by atoms with E-state index in [0.717, 1.165) is 29.7 Å². The molecule has 0 aliphatic rings. The summed E-state index contributed by atoms with van der Waals surface area (Å²) in [4.78, 5) is 21.6. The second-order valence-electron chi connectivity index (χ2n) is 6.82. The minimum Gasteiger partial charge on any atom is -0.351 e. The van der Waals surface area contributed by atoms with E-state index >= 15 is 0 Å². The molecule has 0 saturated heterocycles. The third kappa shape index (κ3) is 4.60. The summed E-state index contributed by atoms with van der Waals surface area (Å²) in [6.45, 7) is 6.24. The lowest BCUT2D eigenvalue weighted by atomic mass is 10.1. The molecule has 146 valence electrons. The van der Waals surface area contributed by atoms with Crippen molar-refractivity contribution >= 4 is 17.5 Å². The van der Waals surface area contributed by atoms with E-state index in [2.05, 4.69) is 29.1 Å². The summed E-state index contributed by atoms with van der Waals surface area (Å²) in [5.41, 5.74) is 2.40. The third-order valence-corrected chi connectivity index (χ3v) is 5.20. The Bertz CT molecular complexity index is 998. The predicted molar refractivity (Wildman–Crippen MR) is 115 cm³/mol. The Balaban J connectivity index is 1.87. The summed E-state index contributed by atoms with van der Waals surface area (Å²) in [6.07, 6.45) is 5.52. The molecule has 2 aromatic heterocycles. The van der Waals surface area contributed by atoms with Gasteiger partial charge in [0.05, 0.1) is 11.7 Å². The number of halogens is 1. The largest absolute Gasteiger partial charge is 0.351 e. The molecule has 0 radical (unpaired) electrons. The van der Waals surface area contributed by atoms with E-state index in [1.807, 2.05) is 43.3 Å². The van der Waals surface area contributed by atoms with Gasteiger partial charge in [0, 0.05) is 35.1 Å². The van der Waals surface area contributed by atoms with Crippen LogP contribution in [0.15, 0.2) is 59.7 Å². The summed E-state index contributed by atoms with van der Waals surface area (Å²) in [6, 6.07) is 13.1. The topological polar surface area (TPSA) is 59.8 Å². The Morgan fingerprint density at radius 3 is 2.61 bits per heavy atom. The van der Waals surface area contributed by atoms with Gasteiger partial charge in [0.15, 0.2) is 0 Å². The molecule has 1 N–H and O–H groups in total. The second kappa shape index (κ2) is 9.02. The number of hydrogen-bond donors (Lipinski definition) is 1. The monoisotopic (exact) mass is 396 g/mol. The van der Waals surface area contributed by atoms with E-state index in [0.29, 0.717) is 17.0 Å². The molecule has 0 fully saturated rings. The molecule has 0 spiro atoms. The van der Waals surface area contributed by atoms with Gasteiger partial charge in [0.2, 0.25) is 5.95 Å². The van der Waals surface area contributed by atoms with Crippen LogP contribution in [-0.2, 0) is 0 Å². The van der Waals surface area contributed by atoms with Crippen LogP contribution in [0.2, 0.25) is 5.02 Å². The van der Waals surface area contributed by atoms with E-state index in [4.69, 9.17) is 11.6 Å². The summed E-state index contributed by atoms with van der Waals surface area (Å²) in [7, 11) is 0. The number of rotatable bonds is 7. The van der Waals surface area contributed by atoms with Gasteiger partial charge in [0.1, 0.15) is 0 Å². The summed E-state index contributed by atoms with van der Waals surface area (Å²) in [5, 5.41) is 4.00. The van der Waals surface area contributed by atoms with Crippen LogP contribution < -0.4 is 10.9 Å². The first-order valence-corrected chi connectivity index (χ1v) is 9.97. The summed E-state index contributed by atoms with van der Waals surface area (Å²) < 4.78 is 1.69. The van der Waals surface area contributed by atoms with Gasteiger partial charge in [0.25, 0.3) is 5.56 Å². The highest BCUT2D eigenvalue weighted by atomic mass is 35.5. The molecule has 5 nitrogen and oxygen atoms in total. The number of hydrogen-bond acceptors (Lipinski definition) is 4. The van der Waals surface area contributed by atoms with Gasteiger partial charge >= 0.3 is 0 Å². The quantitative estimate of drug-likeness (QED) is 0.598. The van der Waals surface area contributed by atoms with Crippen LogP contribution in [0.4, 0.5) is 5.95 Å². The number of nitrogens with one attached hydrogen (secondary N) is 1. The fourth-order valence-electron chi connectivity index (χ4n) is 3.16. The number of aromatic nitrogens is 3. The van der Waals surface area contributed by atoms with Crippen molar-refractivity contribution in [1.82, 2.24) is 14.5 Å². The van der Waals surface area contributed by atoms with Crippen LogP contribution in [0.1, 0.15) is 45.2 Å². The maximum absolute atomic E-state index is 12.7. The van der Waals surface area contributed by atoms with E-state index < -0.39 is 0 Å². The van der Waals surface area contributed by atoms with E-state index in [1.165, 1.54) is 0 Å². The molecule has 1 unspecified atom stereocenters. The molecular formula is C22H25ClN4O. The molecule has 0 bridgehead atoms. The number of benzene rings is 1. The van der Waals surface area contributed by atoms with Crippen LogP contribution in [0.5, 0.6) is 0 Å². The first-order chi connectivity index (χ1) is 13.5. The van der Waals surface area contributed by atoms with Gasteiger partial charge in [-0.3, -0.25) is 4.79 Å². The maximum atomic E-state index is 12.7. The number of nitrogens with zero attached hydrogens (tertiary/aromatic N) is 3. The highest BCUT2D eigenvalue weighted by Gasteiger charge is 2.12. The minimum absolute atomic E-state index is 0.0851. The molecular weight excluding hydrogens is 372 g/mol. The Morgan fingerprint density at radius 2 is 1.93 bits per heavy atom. The molecule has 0 aliphatic heterocycles. The Kier molecular flexibility index (Phi) is 6.47. The molecule has 3 aromatic rings. The predicted octanol–water partition coefficient (Wildman–Crippen LogP) is 5.17. The summed E-state index contributed by atoms with van der Waals surface area (Å²) >= 11 is 6.09. The standard InChI is InChI=1S/C22H25ClN4O/c1-4-19(5-2)25-22-24-11-9-20(26-22)17-10-12-27(21(28)14-17)15(3)16-7-6-8-18(23)13-16/h6-15,19H,4-5H2,1-3H3,(H,24,25,26). The van der Waals surface area contributed by atoms with Gasteiger partial charge in [-0.05, 0) is 49.6 Å².